The smallest absolute Gasteiger partial charge is 0.337 e. The van der Waals surface area contributed by atoms with E-state index < -0.39 is 0 Å². The molecule has 1 fully saturated rings. The molecule has 5 nitrogen and oxygen atoms in total. The monoisotopic (exact) mass is 306 g/mol. The summed E-state index contributed by atoms with van der Waals surface area (Å²) in [5.74, 6) is 0.0242. The lowest BCUT2D eigenvalue weighted by Gasteiger charge is -2.15. The van der Waals surface area contributed by atoms with E-state index >= 15 is 0 Å². The van der Waals surface area contributed by atoms with E-state index in [0.717, 1.165) is 48.3 Å². The number of esters is 1. The van der Waals surface area contributed by atoms with E-state index in [1.807, 2.05) is 12.1 Å². The number of nitrogen functional groups attached to an aromatic ring is 1. The lowest BCUT2D eigenvalue weighted by molar-refractivity contribution is 0.0601. The minimum absolute atomic E-state index is 0.324. The summed E-state index contributed by atoms with van der Waals surface area (Å²) in [6.07, 6.45) is 3.00. The number of carbonyl (C=O) groups excluding carboxylic acids is 1. The number of fused-ring (bicyclic) bond motifs is 1. The zero-order valence-electron chi connectivity index (χ0n) is 11.9. The topological polar surface area (TPSA) is 74.4 Å². The van der Waals surface area contributed by atoms with Gasteiger partial charge in [-0.15, -0.1) is 0 Å². The van der Waals surface area contributed by atoms with Gasteiger partial charge >= 0.3 is 5.97 Å². The molecule has 2 N–H and O–H groups in total. The molecule has 0 spiro atoms. The Morgan fingerprint density at radius 2 is 2.29 bits per heavy atom. The van der Waals surface area contributed by atoms with E-state index in [0.29, 0.717) is 16.6 Å². The van der Waals surface area contributed by atoms with Crippen molar-refractivity contribution >= 4 is 32.7 Å². The Hall–Kier alpha value is -1.66. The summed E-state index contributed by atoms with van der Waals surface area (Å²) in [5.41, 5.74) is 8.41. The molecular formula is C15H18N2O3S. The van der Waals surface area contributed by atoms with Gasteiger partial charge in [0.25, 0.3) is 0 Å². The third kappa shape index (κ3) is 2.87. The first-order valence-corrected chi connectivity index (χ1v) is 7.86. The number of carbonyl (C=O) groups is 1. The number of anilines is 1. The van der Waals surface area contributed by atoms with Crippen molar-refractivity contribution in [3.05, 3.63) is 23.3 Å². The Morgan fingerprint density at radius 1 is 1.43 bits per heavy atom. The summed E-state index contributed by atoms with van der Waals surface area (Å²) in [5, 5.41) is 0.526. The summed E-state index contributed by atoms with van der Waals surface area (Å²) < 4.78 is 11.3. The van der Waals surface area contributed by atoms with Gasteiger partial charge in [-0.3, -0.25) is 0 Å². The fraction of sp³-hybridized carbons (Fsp3) is 0.467. The third-order valence-corrected chi connectivity index (χ3v) is 4.69. The Labute approximate surface area is 127 Å². The maximum absolute atomic E-state index is 11.9. The highest BCUT2D eigenvalue weighted by Gasteiger charge is 2.21. The fourth-order valence-electron chi connectivity index (χ4n) is 2.83. The number of thiazole rings is 1. The van der Waals surface area contributed by atoms with Crippen molar-refractivity contribution in [3.63, 3.8) is 0 Å². The highest BCUT2D eigenvalue weighted by atomic mass is 32.1. The Bertz CT molecular complexity index is 660. The molecule has 3 rings (SSSR count). The van der Waals surface area contributed by atoms with Crippen molar-refractivity contribution in [1.82, 2.24) is 4.98 Å². The minimum atomic E-state index is -0.324. The summed E-state index contributed by atoms with van der Waals surface area (Å²) in [7, 11) is 1.40. The molecule has 1 unspecified atom stereocenters. The van der Waals surface area contributed by atoms with E-state index in [-0.39, 0.29) is 5.97 Å². The highest BCUT2D eigenvalue weighted by molar-refractivity contribution is 7.22. The molecule has 1 aromatic heterocycles. The van der Waals surface area contributed by atoms with Crippen LogP contribution in [0, 0.1) is 0 Å². The quantitative estimate of drug-likeness (QED) is 0.863. The van der Waals surface area contributed by atoms with Crippen LogP contribution in [0.25, 0.3) is 10.2 Å². The number of aromatic nitrogens is 1. The summed E-state index contributed by atoms with van der Waals surface area (Å²) >= 11 is 1.41. The molecule has 1 saturated heterocycles. The number of nitrogens with two attached hydrogens (primary N) is 1. The van der Waals surface area contributed by atoms with Gasteiger partial charge in [-0.1, -0.05) is 11.3 Å². The van der Waals surface area contributed by atoms with Crippen LogP contribution in [0.1, 0.15) is 41.1 Å². The van der Waals surface area contributed by atoms with E-state index in [1.54, 1.807) is 0 Å². The van der Waals surface area contributed by atoms with Crippen LogP contribution >= 0.6 is 11.3 Å². The largest absolute Gasteiger partial charge is 0.465 e. The van der Waals surface area contributed by atoms with Crippen LogP contribution in [0.15, 0.2) is 12.1 Å². The van der Waals surface area contributed by atoms with Gasteiger partial charge in [0.1, 0.15) is 0 Å². The van der Waals surface area contributed by atoms with E-state index in [2.05, 4.69) is 4.98 Å². The van der Waals surface area contributed by atoms with Crippen molar-refractivity contribution < 1.29 is 14.3 Å². The van der Waals surface area contributed by atoms with E-state index in [4.69, 9.17) is 15.2 Å². The maximum atomic E-state index is 11.9. The molecule has 6 heteroatoms. The predicted octanol–water partition coefficient (Wildman–Crippen LogP) is 2.95. The van der Waals surface area contributed by atoms with Crippen molar-refractivity contribution in [3.8, 4) is 0 Å². The zero-order chi connectivity index (χ0) is 14.8. The van der Waals surface area contributed by atoms with Gasteiger partial charge in [0.15, 0.2) is 5.13 Å². The summed E-state index contributed by atoms with van der Waals surface area (Å²) in [6, 6.07) is 3.72. The van der Waals surface area contributed by atoms with Crippen LogP contribution in [0.5, 0.6) is 0 Å². The lowest BCUT2D eigenvalue weighted by atomic mass is 9.90. The second kappa shape index (κ2) is 5.99. The molecule has 1 aromatic carbocycles. The van der Waals surface area contributed by atoms with Crippen molar-refractivity contribution in [2.24, 2.45) is 0 Å². The molecule has 0 aliphatic carbocycles. The average Bonchev–Trinajstić information content (AvgIpc) is 2.70. The minimum Gasteiger partial charge on any atom is -0.465 e. The van der Waals surface area contributed by atoms with E-state index in [1.165, 1.54) is 18.4 Å². The first kappa shape index (κ1) is 14.3. The van der Waals surface area contributed by atoms with Crippen LogP contribution in [-0.4, -0.2) is 31.3 Å². The van der Waals surface area contributed by atoms with Crippen LogP contribution in [-0.2, 0) is 9.47 Å². The summed E-state index contributed by atoms with van der Waals surface area (Å²) in [4.78, 5) is 16.3. The fourth-order valence-corrected chi connectivity index (χ4v) is 3.64. The number of methoxy groups -OCH3 is 1. The molecule has 0 bridgehead atoms. The lowest BCUT2D eigenvalue weighted by Crippen LogP contribution is -2.06. The van der Waals surface area contributed by atoms with Crippen molar-refractivity contribution in [2.45, 2.75) is 25.2 Å². The molecular weight excluding hydrogens is 288 g/mol. The van der Waals surface area contributed by atoms with Crippen LogP contribution in [0.3, 0.4) is 0 Å². The molecule has 1 aliphatic heterocycles. The van der Waals surface area contributed by atoms with Gasteiger partial charge in [0, 0.05) is 13.2 Å². The summed E-state index contributed by atoms with van der Waals surface area (Å²) in [6.45, 7) is 1.55. The van der Waals surface area contributed by atoms with Gasteiger partial charge in [0.05, 0.1) is 22.9 Å². The van der Waals surface area contributed by atoms with Crippen LogP contribution < -0.4 is 5.73 Å². The number of ether oxygens (including phenoxy) is 2. The zero-order valence-corrected chi connectivity index (χ0v) is 12.7. The molecule has 112 valence electrons. The first-order chi connectivity index (χ1) is 10.2. The number of benzene rings is 1. The van der Waals surface area contributed by atoms with Gasteiger partial charge in [-0.05, 0) is 42.9 Å². The Kier molecular flexibility index (Phi) is 4.07. The molecule has 1 aliphatic rings. The predicted molar refractivity (Wildman–Crippen MR) is 82.8 cm³/mol. The standard InChI is InChI=1S/C15H18N2O3S/c1-19-14(18)10-7-11(9-3-2-5-20-6-4-9)13-12(8-10)21-15(16)17-13/h7-9H,2-6H2,1H3,(H2,16,17). The van der Waals surface area contributed by atoms with E-state index in [9.17, 15) is 4.79 Å². The number of hydrogen-bond acceptors (Lipinski definition) is 6. The average molecular weight is 306 g/mol. The molecule has 1 atom stereocenters. The number of rotatable bonds is 2. The molecule has 21 heavy (non-hydrogen) atoms. The van der Waals surface area contributed by atoms with Crippen molar-refractivity contribution in [1.29, 1.82) is 0 Å². The molecule has 0 radical (unpaired) electrons. The van der Waals surface area contributed by atoms with Gasteiger partial charge in [0.2, 0.25) is 0 Å². The molecule has 0 amide bonds. The normalized spacial score (nSPS) is 19.4. The molecule has 2 heterocycles. The Balaban J connectivity index is 2.11. The number of hydrogen-bond donors (Lipinski definition) is 1. The van der Waals surface area contributed by atoms with Crippen molar-refractivity contribution in [2.75, 3.05) is 26.1 Å². The Morgan fingerprint density at radius 3 is 3.10 bits per heavy atom. The highest BCUT2D eigenvalue weighted by Crippen LogP contribution is 2.36. The van der Waals surface area contributed by atoms with Gasteiger partial charge < -0.3 is 15.2 Å². The first-order valence-electron chi connectivity index (χ1n) is 7.05. The van der Waals surface area contributed by atoms with Gasteiger partial charge in [-0.25, -0.2) is 9.78 Å². The SMILES string of the molecule is COC(=O)c1cc(C2CCCOCC2)c2nc(N)sc2c1. The third-order valence-electron chi connectivity index (χ3n) is 3.85. The second-order valence-corrected chi connectivity index (χ2v) is 6.26. The maximum Gasteiger partial charge on any atom is 0.337 e. The van der Waals surface area contributed by atoms with Gasteiger partial charge in [-0.2, -0.15) is 0 Å². The second-order valence-electron chi connectivity index (χ2n) is 5.20. The molecule has 0 saturated carbocycles. The van der Waals surface area contributed by atoms with Crippen LogP contribution in [0.2, 0.25) is 0 Å². The number of nitrogens with zero attached hydrogens (tertiary/aromatic N) is 1. The molecule has 2 aromatic rings. The van der Waals surface area contributed by atoms with Crippen LogP contribution in [0.4, 0.5) is 5.13 Å².